The van der Waals surface area contributed by atoms with Crippen LogP contribution >= 0.6 is 11.6 Å². The van der Waals surface area contributed by atoms with E-state index in [9.17, 15) is 14.0 Å². The lowest BCUT2D eigenvalue weighted by molar-refractivity contribution is -0.132. The Labute approximate surface area is 174 Å². The Kier molecular flexibility index (Phi) is 7.06. The van der Waals surface area contributed by atoms with Crippen molar-refractivity contribution < 1.29 is 18.7 Å². The Morgan fingerprint density at radius 3 is 2.52 bits per heavy atom. The van der Waals surface area contributed by atoms with E-state index in [2.05, 4.69) is 10.2 Å². The van der Waals surface area contributed by atoms with E-state index in [1.165, 1.54) is 30.1 Å². The van der Waals surface area contributed by atoms with Gasteiger partial charge < -0.3 is 19.9 Å². The lowest BCUT2D eigenvalue weighted by Crippen LogP contribution is -2.36. The van der Waals surface area contributed by atoms with Gasteiger partial charge in [0.25, 0.3) is 0 Å². The first-order valence-corrected chi connectivity index (χ1v) is 9.71. The number of rotatable bonds is 6. The third-order valence-corrected chi connectivity index (χ3v) is 5.08. The van der Waals surface area contributed by atoms with Crippen LogP contribution in [0.25, 0.3) is 0 Å². The number of amides is 2. The summed E-state index contributed by atoms with van der Waals surface area (Å²) in [7, 11) is 1.50. The van der Waals surface area contributed by atoms with Gasteiger partial charge in [0, 0.05) is 42.1 Å². The second-order valence-electron chi connectivity index (χ2n) is 6.82. The van der Waals surface area contributed by atoms with Gasteiger partial charge in [0.1, 0.15) is 5.82 Å². The lowest BCUT2D eigenvalue weighted by Gasteiger charge is -2.28. The van der Waals surface area contributed by atoms with E-state index in [1.807, 2.05) is 24.3 Å². The van der Waals surface area contributed by atoms with Gasteiger partial charge in [0.2, 0.25) is 11.8 Å². The molecule has 1 N–H and O–H groups in total. The minimum Gasteiger partial charge on any atom is -0.378 e. The van der Waals surface area contributed by atoms with Crippen molar-refractivity contribution in [2.24, 2.45) is 0 Å². The minimum atomic E-state index is -0.538. The molecule has 2 amide bonds. The smallest absolute Gasteiger partial charge is 0.243 e. The van der Waals surface area contributed by atoms with Crippen LogP contribution in [0, 0.1) is 5.82 Å². The monoisotopic (exact) mass is 419 g/mol. The highest BCUT2D eigenvalue weighted by molar-refractivity contribution is 6.31. The van der Waals surface area contributed by atoms with Gasteiger partial charge in [-0.25, -0.2) is 4.39 Å². The maximum absolute atomic E-state index is 13.8. The molecule has 1 fully saturated rings. The maximum Gasteiger partial charge on any atom is 0.243 e. The number of nitrogens with zero attached hydrogens (tertiary/aromatic N) is 2. The molecule has 1 aliphatic heterocycles. The fraction of sp³-hybridized carbons (Fsp3) is 0.333. The second kappa shape index (κ2) is 9.71. The molecule has 0 radical (unpaired) electrons. The van der Waals surface area contributed by atoms with Crippen molar-refractivity contribution in [3.8, 4) is 0 Å². The van der Waals surface area contributed by atoms with Crippen molar-refractivity contribution in [1.29, 1.82) is 0 Å². The maximum atomic E-state index is 13.8. The van der Waals surface area contributed by atoms with E-state index < -0.39 is 11.7 Å². The number of likely N-dealkylation sites (N-methyl/N-ethyl adjacent to an activating group) is 1. The number of carbonyl (C=O) groups excluding carboxylic acids is 2. The molecule has 1 aliphatic rings. The molecule has 29 heavy (non-hydrogen) atoms. The molecule has 2 aromatic carbocycles. The molecular formula is C21H23ClFN3O3. The SMILES string of the molecule is CN(CC(=O)Nc1ccc(N2CCOCC2)cc1)C(=O)Cc1c(F)cccc1Cl. The second-order valence-corrected chi connectivity index (χ2v) is 7.23. The van der Waals surface area contributed by atoms with Gasteiger partial charge in [-0.15, -0.1) is 0 Å². The molecule has 0 bridgehead atoms. The highest BCUT2D eigenvalue weighted by atomic mass is 35.5. The lowest BCUT2D eigenvalue weighted by atomic mass is 10.1. The zero-order valence-electron chi connectivity index (χ0n) is 16.2. The number of ether oxygens (including phenoxy) is 1. The first kappa shape index (κ1) is 21.1. The first-order valence-electron chi connectivity index (χ1n) is 9.33. The van der Waals surface area contributed by atoms with Crippen LogP contribution in [0.15, 0.2) is 42.5 Å². The Bertz CT molecular complexity index is 850. The standard InChI is InChI=1S/C21H23ClFN3O3/c1-25(21(28)13-17-18(22)3-2-4-19(17)23)14-20(27)24-15-5-7-16(8-6-15)26-9-11-29-12-10-26/h2-8H,9-14H2,1H3,(H,24,27). The van der Waals surface area contributed by atoms with Gasteiger partial charge in [0.15, 0.2) is 0 Å². The number of benzene rings is 2. The molecule has 0 atom stereocenters. The van der Waals surface area contributed by atoms with Crippen molar-refractivity contribution in [1.82, 2.24) is 4.90 Å². The number of hydrogen-bond donors (Lipinski definition) is 1. The van der Waals surface area contributed by atoms with Crippen LogP contribution in [0.1, 0.15) is 5.56 Å². The van der Waals surface area contributed by atoms with Crippen LogP contribution in [0.2, 0.25) is 5.02 Å². The molecule has 0 aromatic heterocycles. The summed E-state index contributed by atoms with van der Waals surface area (Å²) in [6, 6.07) is 11.8. The summed E-state index contributed by atoms with van der Waals surface area (Å²) in [5.41, 5.74) is 1.84. The van der Waals surface area contributed by atoms with Crippen LogP contribution in [-0.2, 0) is 20.7 Å². The van der Waals surface area contributed by atoms with E-state index in [1.54, 1.807) is 0 Å². The summed E-state index contributed by atoms with van der Waals surface area (Å²) in [4.78, 5) is 28.1. The quantitative estimate of drug-likeness (QED) is 0.782. The van der Waals surface area contributed by atoms with Crippen molar-refractivity contribution in [2.75, 3.05) is 50.1 Å². The number of nitrogens with one attached hydrogen (secondary N) is 1. The van der Waals surface area contributed by atoms with Crippen molar-refractivity contribution in [2.45, 2.75) is 6.42 Å². The topological polar surface area (TPSA) is 61.9 Å². The van der Waals surface area contributed by atoms with Crippen molar-refractivity contribution in [3.05, 3.63) is 58.9 Å². The third kappa shape index (κ3) is 5.68. The predicted octanol–water partition coefficient (Wildman–Crippen LogP) is 2.96. The Morgan fingerprint density at radius 2 is 1.86 bits per heavy atom. The van der Waals surface area contributed by atoms with Crippen LogP contribution in [0.5, 0.6) is 0 Å². The van der Waals surface area contributed by atoms with Crippen LogP contribution in [0.3, 0.4) is 0 Å². The molecule has 1 saturated heterocycles. The van der Waals surface area contributed by atoms with E-state index >= 15 is 0 Å². The summed E-state index contributed by atoms with van der Waals surface area (Å²) in [5.74, 6) is -1.27. The average Bonchev–Trinajstić information content (AvgIpc) is 2.72. The molecule has 2 aromatic rings. The number of anilines is 2. The minimum absolute atomic E-state index is 0.130. The predicted molar refractivity (Wildman–Crippen MR) is 111 cm³/mol. The van der Waals surface area contributed by atoms with E-state index in [0.29, 0.717) is 18.9 Å². The van der Waals surface area contributed by atoms with Gasteiger partial charge in [0.05, 0.1) is 26.2 Å². The average molecular weight is 420 g/mol. The molecule has 0 aliphatic carbocycles. The fourth-order valence-corrected chi connectivity index (χ4v) is 3.30. The van der Waals surface area contributed by atoms with Gasteiger partial charge in [-0.05, 0) is 36.4 Å². The Hall–Kier alpha value is -2.64. The molecule has 154 valence electrons. The zero-order chi connectivity index (χ0) is 20.8. The normalized spacial score (nSPS) is 13.8. The van der Waals surface area contributed by atoms with Gasteiger partial charge in [-0.1, -0.05) is 17.7 Å². The Balaban J connectivity index is 1.52. The summed E-state index contributed by atoms with van der Waals surface area (Å²) >= 11 is 5.96. The summed E-state index contributed by atoms with van der Waals surface area (Å²) in [6.45, 7) is 2.94. The van der Waals surface area contributed by atoms with Crippen molar-refractivity contribution >= 4 is 34.8 Å². The van der Waals surface area contributed by atoms with Crippen LogP contribution in [-0.4, -0.2) is 56.6 Å². The molecule has 8 heteroatoms. The summed E-state index contributed by atoms with van der Waals surface area (Å²) < 4.78 is 19.2. The molecule has 6 nitrogen and oxygen atoms in total. The summed E-state index contributed by atoms with van der Waals surface area (Å²) in [6.07, 6.45) is -0.205. The number of carbonyl (C=O) groups is 2. The van der Waals surface area contributed by atoms with Crippen LogP contribution in [0.4, 0.5) is 15.8 Å². The van der Waals surface area contributed by atoms with E-state index in [-0.39, 0.29) is 29.5 Å². The molecule has 1 heterocycles. The molecule has 0 saturated carbocycles. The van der Waals surface area contributed by atoms with Gasteiger partial charge in [-0.2, -0.15) is 0 Å². The Morgan fingerprint density at radius 1 is 1.17 bits per heavy atom. The van der Waals surface area contributed by atoms with E-state index in [4.69, 9.17) is 16.3 Å². The summed E-state index contributed by atoms with van der Waals surface area (Å²) in [5, 5.41) is 2.96. The van der Waals surface area contributed by atoms with Gasteiger partial charge in [-0.3, -0.25) is 9.59 Å². The highest BCUT2D eigenvalue weighted by Crippen LogP contribution is 2.21. The third-order valence-electron chi connectivity index (χ3n) is 4.72. The molecule has 0 spiro atoms. The molecular weight excluding hydrogens is 397 g/mol. The van der Waals surface area contributed by atoms with Gasteiger partial charge >= 0.3 is 0 Å². The van der Waals surface area contributed by atoms with Crippen molar-refractivity contribution in [3.63, 3.8) is 0 Å². The number of morpholine rings is 1. The molecule has 0 unspecified atom stereocenters. The highest BCUT2D eigenvalue weighted by Gasteiger charge is 2.17. The number of halogens is 2. The first-order chi connectivity index (χ1) is 13.9. The molecule has 3 rings (SSSR count). The van der Waals surface area contributed by atoms with Crippen LogP contribution < -0.4 is 10.2 Å². The van der Waals surface area contributed by atoms with E-state index in [0.717, 1.165) is 18.8 Å². The zero-order valence-corrected chi connectivity index (χ0v) is 16.9. The largest absolute Gasteiger partial charge is 0.378 e. The number of hydrogen-bond acceptors (Lipinski definition) is 4. The fourth-order valence-electron chi connectivity index (χ4n) is 3.07.